The summed E-state index contributed by atoms with van der Waals surface area (Å²) in [6.07, 6.45) is 1.49. The Bertz CT molecular complexity index is 190. The van der Waals surface area contributed by atoms with Gasteiger partial charge in [0.05, 0.1) is 0 Å². The van der Waals surface area contributed by atoms with Crippen molar-refractivity contribution in [1.29, 1.82) is 0 Å². The first-order valence-corrected chi connectivity index (χ1v) is 5.91. The molecule has 0 aliphatic carbocycles. The van der Waals surface area contributed by atoms with E-state index >= 15 is 0 Å². The highest BCUT2D eigenvalue weighted by molar-refractivity contribution is 4.58. The number of rotatable bonds is 7. The molecule has 15 heavy (non-hydrogen) atoms. The van der Waals surface area contributed by atoms with E-state index in [4.69, 9.17) is 0 Å². The van der Waals surface area contributed by atoms with Gasteiger partial charge in [0.25, 0.3) is 0 Å². The molecule has 1 heterocycles. The van der Waals surface area contributed by atoms with Crippen LogP contribution in [0.3, 0.4) is 0 Å². The van der Waals surface area contributed by atoms with E-state index in [1.807, 2.05) is 7.05 Å². The maximum atomic E-state index is 3.49. The lowest BCUT2D eigenvalue weighted by molar-refractivity contribution is -0.978. The number of hydrazine groups is 1. The van der Waals surface area contributed by atoms with Crippen molar-refractivity contribution in [3.05, 3.63) is 0 Å². The predicted molar refractivity (Wildman–Crippen MR) is 62.1 cm³/mol. The van der Waals surface area contributed by atoms with Crippen LogP contribution in [0.5, 0.6) is 0 Å². The van der Waals surface area contributed by atoms with Gasteiger partial charge in [-0.15, -0.1) is 4.70 Å². The molecule has 0 bridgehead atoms. The Morgan fingerprint density at radius 2 is 2.00 bits per heavy atom. The second-order valence-electron chi connectivity index (χ2n) is 4.43. The van der Waals surface area contributed by atoms with Crippen molar-refractivity contribution < 1.29 is 4.70 Å². The number of hydrogen-bond acceptors (Lipinski definition) is 4. The normalized spacial score (nSPS) is 27.4. The average Bonchev–Trinajstić information content (AvgIpc) is 2.97. The minimum Gasteiger partial charge on any atom is -0.296 e. The molecule has 0 aromatic heterocycles. The molecule has 90 valence electrons. The molecule has 1 aliphatic heterocycles. The van der Waals surface area contributed by atoms with Crippen molar-refractivity contribution in [2.45, 2.75) is 46.3 Å². The summed E-state index contributed by atoms with van der Waals surface area (Å²) in [6, 6.07) is 0.545. The molecule has 2 atom stereocenters. The summed E-state index contributed by atoms with van der Waals surface area (Å²) in [5.74, 6) is 0. The first-order valence-electron chi connectivity index (χ1n) is 5.91. The van der Waals surface area contributed by atoms with Gasteiger partial charge >= 0.3 is 0 Å². The van der Waals surface area contributed by atoms with Gasteiger partial charge in [0.2, 0.25) is 6.67 Å². The molecule has 5 heteroatoms. The third-order valence-electron chi connectivity index (χ3n) is 3.01. The van der Waals surface area contributed by atoms with Crippen LogP contribution in [0.2, 0.25) is 0 Å². The van der Waals surface area contributed by atoms with Gasteiger partial charge in [-0.25, -0.2) is 5.43 Å². The van der Waals surface area contributed by atoms with Crippen molar-refractivity contribution in [3.8, 4) is 0 Å². The number of nitrogens with one attached hydrogen (secondary N) is 3. The number of nitrogens with zero attached hydrogens (tertiary/aromatic N) is 2. The van der Waals surface area contributed by atoms with Crippen LogP contribution in [0.1, 0.15) is 34.1 Å². The van der Waals surface area contributed by atoms with Gasteiger partial charge in [-0.05, 0) is 38.9 Å². The Balaban J connectivity index is 2.55. The topological polar surface area (TPSA) is 49.2 Å². The van der Waals surface area contributed by atoms with E-state index in [1.165, 1.54) is 0 Å². The zero-order valence-electron chi connectivity index (χ0n) is 10.7. The van der Waals surface area contributed by atoms with E-state index in [0.717, 1.165) is 24.3 Å². The van der Waals surface area contributed by atoms with Gasteiger partial charge in [-0.3, -0.25) is 5.32 Å². The highest BCUT2D eigenvalue weighted by atomic mass is 16.1. The van der Waals surface area contributed by atoms with E-state index in [1.54, 1.807) is 0 Å². The zero-order chi connectivity index (χ0) is 11.5. The van der Waals surface area contributed by atoms with Gasteiger partial charge in [0.1, 0.15) is 12.2 Å². The molecule has 0 aromatic carbocycles. The lowest BCUT2D eigenvalue weighted by Crippen LogP contribution is -2.64. The maximum absolute atomic E-state index is 3.49. The standard InChI is InChI=1S/C10H26N5/c1-6-7-12-10(4)14(11-5)15(8-13-15)9(2)3/h9-13H,6-8H2,1-5H3/q+1. The fraction of sp³-hybridized carbons (Fsp3) is 1.00. The second kappa shape index (κ2) is 5.23. The highest BCUT2D eigenvalue weighted by Crippen LogP contribution is 2.23. The molecule has 0 saturated carbocycles. The molecule has 1 rings (SSSR count). The van der Waals surface area contributed by atoms with Gasteiger partial charge in [0, 0.05) is 7.05 Å². The monoisotopic (exact) mass is 216 g/mol. The van der Waals surface area contributed by atoms with E-state index in [-0.39, 0.29) is 0 Å². The molecule has 1 aliphatic rings. The molecule has 0 aromatic rings. The third kappa shape index (κ3) is 2.68. The first-order chi connectivity index (χ1) is 7.08. The molecule has 0 spiro atoms. The van der Waals surface area contributed by atoms with Crippen LogP contribution in [0.15, 0.2) is 0 Å². The van der Waals surface area contributed by atoms with E-state index in [9.17, 15) is 0 Å². The molecule has 1 fully saturated rings. The Morgan fingerprint density at radius 3 is 2.33 bits per heavy atom. The number of quaternary nitrogens is 1. The van der Waals surface area contributed by atoms with Crippen LogP contribution in [0.4, 0.5) is 0 Å². The van der Waals surface area contributed by atoms with Crippen LogP contribution in [0.25, 0.3) is 0 Å². The van der Waals surface area contributed by atoms with Crippen molar-refractivity contribution in [2.24, 2.45) is 0 Å². The lowest BCUT2D eigenvalue weighted by Gasteiger charge is -2.35. The van der Waals surface area contributed by atoms with Gasteiger partial charge in [0.15, 0.2) is 0 Å². The highest BCUT2D eigenvalue weighted by Gasteiger charge is 2.53. The summed E-state index contributed by atoms with van der Waals surface area (Å²) in [7, 11) is 1.98. The van der Waals surface area contributed by atoms with Crippen molar-refractivity contribution in [1.82, 2.24) is 21.3 Å². The second-order valence-corrected chi connectivity index (χ2v) is 4.43. The minimum atomic E-state index is 0.326. The molecule has 2 unspecified atom stereocenters. The minimum absolute atomic E-state index is 0.326. The summed E-state index contributed by atoms with van der Waals surface area (Å²) in [4.78, 5) is 0. The van der Waals surface area contributed by atoms with Crippen molar-refractivity contribution >= 4 is 0 Å². The fourth-order valence-electron chi connectivity index (χ4n) is 1.96. The Morgan fingerprint density at radius 1 is 1.40 bits per heavy atom. The first kappa shape index (κ1) is 12.9. The van der Waals surface area contributed by atoms with E-state index in [2.05, 4.69) is 49.0 Å². The number of hydrogen-bond donors (Lipinski definition) is 3. The van der Waals surface area contributed by atoms with Crippen LogP contribution in [-0.4, -0.2) is 42.3 Å². The van der Waals surface area contributed by atoms with Crippen LogP contribution >= 0.6 is 0 Å². The largest absolute Gasteiger partial charge is 0.296 e. The molecule has 0 amide bonds. The summed E-state index contributed by atoms with van der Waals surface area (Å²) < 4.78 is 0.828. The van der Waals surface area contributed by atoms with Crippen LogP contribution < -0.4 is 16.2 Å². The summed E-state index contributed by atoms with van der Waals surface area (Å²) in [6.45, 7) is 10.9. The summed E-state index contributed by atoms with van der Waals surface area (Å²) in [5.41, 5.74) is 6.69. The van der Waals surface area contributed by atoms with E-state index in [0.29, 0.717) is 12.2 Å². The maximum Gasteiger partial charge on any atom is 0.214 e. The summed E-state index contributed by atoms with van der Waals surface area (Å²) in [5, 5.41) is 5.73. The van der Waals surface area contributed by atoms with Gasteiger partial charge in [-0.2, -0.15) is 0 Å². The lowest BCUT2D eigenvalue weighted by atomic mass is 10.4. The smallest absolute Gasteiger partial charge is 0.214 e. The Kier molecular flexibility index (Phi) is 4.48. The average molecular weight is 216 g/mol. The Labute approximate surface area is 93.3 Å². The van der Waals surface area contributed by atoms with Gasteiger partial charge < -0.3 is 0 Å². The van der Waals surface area contributed by atoms with Crippen molar-refractivity contribution in [3.63, 3.8) is 0 Å². The van der Waals surface area contributed by atoms with Crippen LogP contribution in [-0.2, 0) is 0 Å². The molecular formula is C10H26N5+. The van der Waals surface area contributed by atoms with Gasteiger partial charge in [-0.1, -0.05) is 12.3 Å². The quantitative estimate of drug-likeness (QED) is 0.249. The SMILES string of the molecule is CCCNC(C)N(NC)[N+]1(C(C)C)CN1. The van der Waals surface area contributed by atoms with Crippen LogP contribution in [0, 0.1) is 0 Å². The van der Waals surface area contributed by atoms with E-state index < -0.39 is 0 Å². The molecule has 1 saturated heterocycles. The Hall–Kier alpha value is -0.200. The van der Waals surface area contributed by atoms with Crippen molar-refractivity contribution in [2.75, 3.05) is 20.3 Å². The molecule has 3 N–H and O–H groups in total. The molecule has 0 radical (unpaired) electrons. The third-order valence-corrected chi connectivity index (χ3v) is 3.01. The summed E-state index contributed by atoms with van der Waals surface area (Å²) >= 11 is 0. The zero-order valence-corrected chi connectivity index (χ0v) is 10.7. The molecule has 5 nitrogen and oxygen atoms in total. The molecular weight excluding hydrogens is 190 g/mol. The predicted octanol–water partition coefficient (Wildman–Crippen LogP) is 0.384. The fourth-order valence-corrected chi connectivity index (χ4v) is 1.96.